The molecule has 0 radical (unpaired) electrons. The molecule has 3 aromatic rings. The highest BCUT2D eigenvalue weighted by molar-refractivity contribution is 5.68. The number of rotatable bonds is 3. The Kier molecular flexibility index (Phi) is 3.88. The summed E-state index contributed by atoms with van der Waals surface area (Å²) < 4.78 is 5.68. The fourth-order valence-corrected chi connectivity index (χ4v) is 5.33. The van der Waals surface area contributed by atoms with Gasteiger partial charge in [-0.05, 0) is 53.8 Å². The van der Waals surface area contributed by atoms with Crippen LogP contribution < -0.4 is 15.5 Å². The molecule has 0 amide bonds. The quantitative estimate of drug-likeness (QED) is 0.702. The zero-order chi connectivity index (χ0) is 21.2. The van der Waals surface area contributed by atoms with Crippen LogP contribution in [0, 0.1) is 5.92 Å². The van der Waals surface area contributed by atoms with Crippen LogP contribution in [0.15, 0.2) is 48.9 Å². The van der Waals surface area contributed by atoms with Crippen molar-refractivity contribution in [1.82, 2.24) is 15.2 Å². The molecule has 0 bridgehead atoms. The van der Waals surface area contributed by atoms with Crippen molar-refractivity contribution in [2.45, 2.75) is 31.1 Å². The Morgan fingerprint density at radius 1 is 1.13 bits per heavy atom. The third-order valence-electron chi connectivity index (χ3n) is 7.27. The first kappa shape index (κ1) is 18.7. The summed E-state index contributed by atoms with van der Waals surface area (Å²) in [6.07, 6.45) is 10.5. The van der Waals surface area contributed by atoms with E-state index >= 15 is 0 Å². The van der Waals surface area contributed by atoms with Gasteiger partial charge in [-0.3, -0.25) is 4.98 Å². The van der Waals surface area contributed by atoms with Gasteiger partial charge in [-0.1, -0.05) is 24.3 Å². The molecule has 3 aliphatic rings. The van der Waals surface area contributed by atoms with Gasteiger partial charge in [0.05, 0.1) is 17.2 Å². The molecule has 3 unspecified atom stereocenters. The fraction of sp³-hybridized carbons (Fsp3) is 0.320. The highest BCUT2D eigenvalue weighted by Gasteiger charge is 2.73. The lowest BCUT2D eigenvalue weighted by Gasteiger charge is -2.31. The molecule has 1 aromatic carbocycles. The molecule has 1 N–H and O–H groups in total. The molecule has 0 spiro atoms. The lowest BCUT2D eigenvalue weighted by molar-refractivity contribution is 0.0367. The van der Waals surface area contributed by atoms with Gasteiger partial charge >= 0.3 is 0 Å². The monoisotopic (exact) mass is 412 g/mol. The average Bonchev–Trinajstić information content (AvgIpc) is 3.31. The molecule has 3 heterocycles. The summed E-state index contributed by atoms with van der Waals surface area (Å²) in [5.74, 6) is -0.0690. The second-order valence-corrected chi connectivity index (χ2v) is 8.85. The first-order valence-corrected chi connectivity index (χ1v) is 10.6. The molecule has 156 valence electrons. The molecule has 6 rings (SSSR count). The number of aromatic nitrogens is 3. The molecule has 1 fully saturated rings. The number of fused-ring (bicyclic) bond motifs is 3. The van der Waals surface area contributed by atoms with Gasteiger partial charge in [0.2, 0.25) is 0 Å². The number of nitrogens with zero attached hydrogens (tertiary/aromatic N) is 4. The number of anilines is 1. The third kappa shape index (κ3) is 2.61. The van der Waals surface area contributed by atoms with Crippen LogP contribution in [0.5, 0.6) is 0 Å². The van der Waals surface area contributed by atoms with Crippen LogP contribution in [0.1, 0.15) is 18.1 Å². The Labute approximate surface area is 180 Å². The van der Waals surface area contributed by atoms with Crippen LogP contribution in [-0.2, 0) is 17.7 Å². The fourth-order valence-electron chi connectivity index (χ4n) is 5.33. The van der Waals surface area contributed by atoms with E-state index in [0.717, 1.165) is 35.8 Å². The van der Waals surface area contributed by atoms with Crippen LogP contribution in [-0.4, -0.2) is 45.1 Å². The summed E-state index contributed by atoms with van der Waals surface area (Å²) in [5.41, 5.74) is 4.60. The van der Waals surface area contributed by atoms with E-state index in [-0.39, 0.29) is 5.92 Å². The van der Waals surface area contributed by atoms with E-state index in [1.54, 1.807) is 7.11 Å². The number of ether oxygens (including phenoxy) is 1. The van der Waals surface area contributed by atoms with Crippen LogP contribution in [0.4, 0.5) is 5.69 Å². The van der Waals surface area contributed by atoms with Crippen molar-refractivity contribution < 1.29 is 9.84 Å². The number of methoxy groups -OCH3 is 1. The van der Waals surface area contributed by atoms with Crippen molar-refractivity contribution >= 4 is 17.8 Å². The first-order chi connectivity index (χ1) is 15.0. The van der Waals surface area contributed by atoms with E-state index in [4.69, 9.17) is 4.74 Å². The van der Waals surface area contributed by atoms with E-state index in [0.29, 0.717) is 0 Å². The summed E-state index contributed by atoms with van der Waals surface area (Å²) in [6, 6.07) is 10.8. The summed E-state index contributed by atoms with van der Waals surface area (Å²) in [6.45, 7) is 3.56. The van der Waals surface area contributed by atoms with Crippen LogP contribution in [0.25, 0.3) is 23.3 Å². The molecule has 1 aliphatic heterocycles. The van der Waals surface area contributed by atoms with Crippen LogP contribution in [0.2, 0.25) is 0 Å². The summed E-state index contributed by atoms with van der Waals surface area (Å²) in [7, 11) is 1.64. The summed E-state index contributed by atoms with van der Waals surface area (Å²) in [5, 5.41) is 21.2. The number of hydrogen-bond acceptors (Lipinski definition) is 6. The molecular weight excluding hydrogens is 388 g/mol. The maximum absolute atomic E-state index is 10.8. The minimum absolute atomic E-state index is 0.0690. The van der Waals surface area contributed by atoms with Crippen molar-refractivity contribution in [3.63, 3.8) is 0 Å². The smallest absolute Gasteiger partial charge is 0.126 e. The largest absolute Gasteiger partial charge is 0.386 e. The van der Waals surface area contributed by atoms with Crippen LogP contribution >= 0.6 is 0 Å². The van der Waals surface area contributed by atoms with Gasteiger partial charge in [0, 0.05) is 43.7 Å². The van der Waals surface area contributed by atoms with Gasteiger partial charge in [0.1, 0.15) is 11.2 Å². The second-order valence-electron chi connectivity index (χ2n) is 8.85. The van der Waals surface area contributed by atoms with Gasteiger partial charge in [0.25, 0.3) is 0 Å². The van der Waals surface area contributed by atoms with E-state index in [1.807, 2.05) is 43.7 Å². The summed E-state index contributed by atoms with van der Waals surface area (Å²) in [4.78, 5) is 6.48. The van der Waals surface area contributed by atoms with Crippen LogP contribution in [0.3, 0.4) is 0 Å². The van der Waals surface area contributed by atoms with Crippen molar-refractivity contribution in [2.24, 2.45) is 5.92 Å². The Morgan fingerprint density at radius 2 is 1.97 bits per heavy atom. The molecule has 6 nitrogen and oxygen atoms in total. The van der Waals surface area contributed by atoms with E-state index in [2.05, 4.69) is 44.4 Å². The number of hydrogen-bond donors (Lipinski definition) is 1. The Balaban J connectivity index is 1.35. The zero-order valence-electron chi connectivity index (χ0n) is 17.6. The first-order valence-electron chi connectivity index (χ1n) is 10.6. The van der Waals surface area contributed by atoms with E-state index in [9.17, 15) is 5.11 Å². The lowest BCUT2D eigenvalue weighted by Crippen LogP contribution is -2.42. The molecule has 6 heteroatoms. The predicted octanol–water partition coefficient (Wildman–Crippen LogP) is 1.44. The minimum Gasteiger partial charge on any atom is -0.386 e. The minimum atomic E-state index is -0.919. The van der Waals surface area contributed by atoms with Crippen molar-refractivity contribution in [1.29, 1.82) is 0 Å². The van der Waals surface area contributed by atoms with E-state index < -0.39 is 11.2 Å². The summed E-state index contributed by atoms with van der Waals surface area (Å²) >= 11 is 0. The number of aliphatic hydroxyl groups is 1. The standard InChI is InChI=1S/C25H24N4O2/c1-24(30)23-12-20-21(13-25(23,24)31-2)28-27-14-22(20)29-10-7-18-11-17(3-4-19(18)15-29)16-5-8-26-9-6-16/h3-6,8-9,11-14,23,30H,7,10,15H2,1-2H3. The molecule has 3 atom stereocenters. The highest BCUT2D eigenvalue weighted by atomic mass is 16.5. The Hall–Kier alpha value is -3.09. The molecule has 2 aliphatic carbocycles. The van der Waals surface area contributed by atoms with Crippen molar-refractivity contribution in [3.05, 3.63) is 70.6 Å². The SMILES string of the molecule is COC12C=c3nncc(N4CCc5cc(-c6ccncc6)ccc5C4)c3=CC1C2(C)O. The predicted molar refractivity (Wildman–Crippen MR) is 118 cm³/mol. The van der Waals surface area contributed by atoms with Gasteiger partial charge in [-0.25, -0.2) is 0 Å². The zero-order valence-corrected chi connectivity index (χ0v) is 17.6. The number of benzene rings is 1. The van der Waals surface area contributed by atoms with Gasteiger partial charge in [0.15, 0.2) is 0 Å². The maximum atomic E-state index is 10.8. The van der Waals surface area contributed by atoms with Crippen molar-refractivity contribution in [2.75, 3.05) is 18.6 Å². The third-order valence-corrected chi connectivity index (χ3v) is 7.27. The molecule has 31 heavy (non-hydrogen) atoms. The highest BCUT2D eigenvalue weighted by Crippen LogP contribution is 2.59. The average molecular weight is 412 g/mol. The molecule has 0 saturated heterocycles. The van der Waals surface area contributed by atoms with Gasteiger partial charge in [-0.15, -0.1) is 0 Å². The second kappa shape index (κ2) is 6.45. The topological polar surface area (TPSA) is 71.4 Å². The van der Waals surface area contributed by atoms with Gasteiger partial charge < -0.3 is 14.7 Å². The molecular formula is C25H24N4O2. The molecule has 2 aromatic heterocycles. The number of pyridine rings is 1. The van der Waals surface area contributed by atoms with E-state index in [1.165, 1.54) is 22.3 Å². The normalized spacial score (nSPS) is 28.0. The molecule has 1 saturated carbocycles. The Bertz CT molecular complexity index is 1300. The van der Waals surface area contributed by atoms with Gasteiger partial charge in [-0.2, -0.15) is 10.2 Å². The Morgan fingerprint density at radius 3 is 2.77 bits per heavy atom. The van der Waals surface area contributed by atoms with Crippen molar-refractivity contribution in [3.8, 4) is 11.1 Å². The lowest BCUT2D eigenvalue weighted by atomic mass is 9.94. The maximum Gasteiger partial charge on any atom is 0.126 e.